The molecule has 4 rings (SSSR count). The first-order valence-corrected chi connectivity index (χ1v) is 9.81. The van der Waals surface area contributed by atoms with Gasteiger partial charge in [-0.05, 0) is 48.7 Å². The molecule has 0 aliphatic carbocycles. The number of carbonyl (C=O) groups excluding carboxylic acids is 1. The second-order valence-corrected chi connectivity index (χ2v) is 7.76. The lowest BCUT2D eigenvalue weighted by atomic mass is 9.82. The average Bonchev–Trinajstić information content (AvgIpc) is 3.09. The molecule has 0 spiro atoms. The van der Waals surface area contributed by atoms with Crippen molar-refractivity contribution in [3.63, 3.8) is 0 Å². The lowest BCUT2D eigenvalue weighted by molar-refractivity contribution is -0.116. The van der Waals surface area contributed by atoms with Crippen LogP contribution in [0.5, 0.6) is 0 Å². The predicted molar refractivity (Wildman–Crippen MR) is 104 cm³/mol. The summed E-state index contributed by atoms with van der Waals surface area (Å²) in [4.78, 5) is 16.8. The van der Waals surface area contributed by atoms with E-state index in [1.165, 1.54) is 35.6 Å². The Kier molecular flexibility index (Phi) is 5.34. The first-order valence-electron chi connectivity index (χ1n) is 8.99. The van der Waals surface area contributed by atoms with E-state index in [9.17, 15) is 13.6 Å². The molecular formula is C20H19F2N3O2S. The molecule has 0 radical (unpaired) electrons. The summed E-state index contributed by atoms with van der Waals surface area (Å²) in [5, 5.41) is 6.52. The van der Waals surface area contributed by atoms with E-state index in [1.807, 2.05) is 0 Å². The van der Waals surface area contributed by atoms with Gasteiger partial charge >= 0.3 is 0 Å². The van der Waals surface area contributed by atoms with Crippen molar-refractivity contribution in [1.82, 2.24) is 10.3 Å². The lowest BCUT2D eigenvalue weighted by Crippen LogP contribution is -2.49. The largest absolute Gasteiger partial charge is 0.381 e. The van der Waals surface area contributed by atoms with Crippen LogP contribution in [0, 0.1) is 11.6 Å². The Bertz CT molecular complexity index is 985. The van der Waals surface area contributed by atoms with Gasteiger partial charge in [-0.25, -0.2) is 13.8 Å². The molecule has 1 aromatic heterocycles. The van der Waals surface area contributed by atoms with Gasteiger partial charge in [0.05, 0.1) is 16.8 Å². The molecule has 0 atom stereocenters. The van der Waals surface area contributed by atoms with Crippen LogP contribution in [-0.4, -0.2) is 30.6 Å². The molecule has 1 amide bonds. The number of nitrogens with one attached hydrogen (secondary N) is 2. The molecule has 2 heterocycles. The number of ether oxygens (including phenoxy) is 1. The lowest BCUT2D eigenvalue weighted by Gasteiger charge is -2.38. The van der Waals surface area contributed by atoms with Gasteiger partial charge in [0.15, 0.2) is 5.13 Å². The number of amides is 1. The number of fused-ring (bicyclic) bond motifs is 1. The van der Waals surface area contributed by atoms with Crippen molar-refractivity contribution >= 4 is 32.6 Å². The zero-order valence-electron chi connectivity index (χ0n) is 15.0. The molecular weight excluding hydrogens is 384 g/mol. The number of aromatic nitrogens is 1. The highest BCUT2D eigenvalue weighted by Gasteiger charge is 2.34. The standard InChI is InChI=1S/C20H19F2N3O2S/c21-14-3-1-13(2-4-14)20(7-9-27-10-8-20)23-12-18(26)25-19-24-16-6-5-15(22)11-17(16)28-19/h1-6,11,23H,7-10,12H2,(H,24,25,26). The first-order chi connectivity index (χ1) is 13.5. The Morgan fingerprint density at radius 2 is 1.82 bits per heavy atom. The van der Waals surface area contributed by atoms with Gasteiger partial charge in [0.2, 0.25) is 5.91 Å². The predicted octanol–water partition coefficient (Wildman–Crippen LogP) is 3.81. The van der Waals surface area contributed by atoms with Gasteiger partial charge in [-0.2, -0.15) is 0 Å². The summed E-state index contributed by atoms with van der Waals surface area (Å²) in [6, 6.07) is 10.7. The third kappa shape index (κ3) is 4.04. The molecule has 1 aliphatic heterocycles. The van der Waals surface area contributed by atoms with E-state index in [0.717, 1.165) is 5.56 Å². The molecule has 0 unspecified atom stereocenters. The summed E-state index contributed by atoms with van der Waals surface area (Å²) < 4.78 is 32.8. The number of halogens is 2. The Hall–Kier alpha value is -2.42. The van der Waals surface area contributed by atoms with Crippen molar-refractivity contribution in [2.45, 2.75) is 18.4 Å². The normalized spacial score (nSPS) is 16.2. The number of carbonyl (C=O) groups is 1. The molecule has 2 N–H and O–H groups in total. The molecule has 28 heavy (non-hydrogen) atoms. The summed E-state index contributed by atoms with van der Waals surface area (Å²) >= 11 is 1.23. The van der Waals surface area contributed by atoms with Gasteiger partial charge < -0.3 is 10.1 Å². The van der Waals surface area contributed by atoms with Gasteiger partial charge in [0.1, 0.15) is 11.6 Å². The quantitative estimate of drug-likeness (QED) is 0.680. The molecule has 5 nitrogen and oxygen atoms in total. The summed E-state index contributed by atoms with van der Waals surface area (Å²) in [6.07, 6.45) is 1.37. The van der Waals surface area contributed by atoms with Crippen molar-refractivity contribution in [2.75, 3.05) is 25.1 Å². The summed E-state index contributed by atoms with van der Waals surface area (Å²) in [5.74, 6) is -0.875. The molecule has 0 saturated carbocycles. The second-order valence-electron chi connectivity index (χ2n) is 6.73. The van der Waals surface area contributed by atoms with E-state index in [0.29, 0.717) is 41.4 Å². The number of nitrogens with zero attached hydrogens (tertiary/aromatic N) is 1. The Morgan fingerprint density at radius 3 is 2.57 bits per heavy atom. The summed E-state index contributed by atoms with van der Waals surface area (Å²) in [7, 11) is 0. The number of benzene rings is 2. The van der Waals surface area contributed by atoms with E-state index < -0.39 is 5.54 Å². The fourth-order valence-corrected chi connectivity index (χ4v) is 4.33. The Morgan fingerprint density at radius 1 is 1.11 bits per heavy atom. The van der Waals surface area contributed by atoms with E-state index in [4.69, 9.17) is 4.74 Å². The molecule has 8 heteroatoms. The Labute approximate surface area is 164 Å². The zero-order valence-corrected chi connectivity index (χ0v) is 15.8. The minimum Gasteiger partial charge on any atom is -0.381 e. The van der Waals surface area contributed by atoms with E-state index >= 15 is 0 Å². The van der Waals surface area contributed by atoms with Crippen LogP contribution >= 0.6 is 11.3 Å². The minimum atomic E-state index is -0.444. The average molecular weight is 403 g/mol. The maximum absolute atomic E-state index is 13.3. The maximum atomic E-state index is 13.3. The summed E-state index contributed by atoms with van der Waals surface area (Å²) in [6.45, 7) is 1.20. The van der Waals surface area contributed by atoms with Gasteiger partial charge in [0, 0.05) is 18.8 Å². The van der Waals surface area contributed by atoms with Crippen LogP contribution in [0.3, 0.4) is 0 Å². The highest BCUT2D eigenvalue weighted by Crippen LogP contribution is 2.32. The molecule has 1 saturated heterocycles. The SMILES string of the molecule is O=C(CNC1(c2ccc(F)cc2)CCOCC1)Nc1nc2ccc(F)cc2s1. The molecule has 0 bridgehead atoms. The van der Waals surface area contributed by atoms with Crippen LogP contribution in [0.25, 0.3) is 10.2 Å². The van der Waals surface area contributed by atoms with Crippen LogP contribution in [-0.2, 0) is 15.1 Å². The molecule has 2 aromatic carbocycles. The first kappa shape index (κ1) is 18.9. The maximum Gasteiger partial charge on any atom is 0.240 e. The van der Waals surface area contributed by atoms with Crippen molar-refractivity contribution in [3.8, 4) is 0 Å². The number of hydrogen-bond acceptors (Lipinski definition) is 5. The monoisotopic (exact) mass is 403 g/mol. The molecule has 146 valence electrons. The number of rotatable bonds is 5. The van der Waals surface area contributed by atoms with Crippen LogP contribution in [0.1, 0.15) is 18.4 Å². The van der Waals surface area contributed by atoms with Crippen molar-refractivity contribution < 1.29 is 18.3 Å². The molecule has 1 fully saturated rings. The van der Waals surface area contributed by atoms with Gasteiger partial charge in [-0.3, -0.25) is 10.1 Å². The smallest absolute Gasteiger partial charge is 0.240 e. The van der Waals surface area contributed by atoms with Crippen molar-refractivity contribution in [3.05, 3.63) is 59.7 Å². The second kappa shape index (κ2) is 7.90. The molecule has 3 aromatic rings. The van der Waals surface area contributed by atoms with E-state index in [-0.39, 0.29) is 24.1 Å². The van der Waals surface area contributed by atoms with Crippen molar-refractivity contribution in [1.29, 1.82) is 0 Å². The highest BCUT2D eigenvalue weighted by molar-refractivity contribution is 7.22. The molecule has 1 aliphatic rings. The van der Waals surface area contributed by atoms with Crippen LogP contribution < -0.4 is 10.6 Å². The van der Waals surface area contributed by atoms with E-state index in [2.05, 4.69) is 15.6 Å². The topological polar surface area (TPSA) is 63.2 Å². The third-order valence-electron chi connectivity index (χ3n) is 4.93. The fraction of sp³-hybridized carbons (Fsp3) is 0.300. The van der Waals surface area contributed by atoms with E-state index in [1.54, 1.807) is 18.2 Å². The summed E-state index contributed by atoms with van der Waals surface area (Å²) in [5.41, 5.74) is 1.13. The van der Waals surface area contributed by atoms with Gasteiger partial charge in [-0.1, -0.05) is 23.5 Å². The van der Waals surface area contributed by atoms with Crippen LogP contribution in [0.2, 0.25) is 0 Å². The van der Waals surface area contributed by atoms with Gasteiger partial charge in [-0.15, -0.1) is 0 Å². The van der Waals surface area contributed by atoms with Crippen molar-refractivity contribution in [2.24, 2.45) is 0 Å². The van der Waals surface area contributed by atoms with Crippen LogP contribution in [0.4, 0.5) is 13.9 Å². The third-order valence-corrected chi connectivity index (χ3v) is 5.86. The zero-order chi connectivity index (χ0) is 19.6. The highest BCUT2D eigenvalue weighted by atomic mass is 32.1. The number of hydrogen-bond donors (Lipinski definition) is 2. The Balaban J connectivity index is 1.45. The van der Waals surface area contributed by atoms with Gasteiger partial charge in [0.25, 0.3) is 0 Å². The number of thiazole rings is 1. The number of anilines is 1. The van der Waals surface area contributed by atoms with Crippen LogP contribution in [0.15, 0.2) is 42.5 Å². The fourth-order valence-electron chi connectivity index (χ4n) is 3.42. The minimum absolute atomic E-state index is 0.0711.